The molecule has 0 bridgehead atoms. The van der Waals surface area contributed by atoms with Gasteiger partial charge in [-0.1, -0.05) is 11.8 Å². The van der Waals surface area contributed by atoms with Crippen LogP contribution in [-0.4, -0.2) is 40.9 Å². The Morgan fingerprint density at radius 3 is 2.93 bits per heavy atom. The number of aromatic nitrogens is 2. The van der Waals surface area contributed by atoms with Gasteiger partial charge in [0.05, 0.1) is 26.4 Å². The Morgan fingerprint density at radius 1 is 1.43 bits per heavy atom. The minimum atomic E-state index is 0.0442. The lowest BCUT2D eigenvalue weighted by atomic mass is 10.7. The van der Waals surface area contributed by atoms with E-state index in [4.69, 9.17) is 20.0 Å². The molecule has 0 unspecified atom stereocenters. The van der Waals surface area contributed by atoms with Gasteiger partial charge in [0.1, 0.15) is 0 Å². The van der Waals surface area contributed by atoms with Crippen LogP contribution in [0.4, 0.5) is 0 Å². The number of rotatable bonds is 7. The summed E-state index contributed by atoms with van der Waals surface area (Å²) in [6.45, 7) is 1.21. The van der Waals surface area contributed by atoms with Gasteiger partial charge in [0, 0.05) is 5.75 Å². The molecular weight excluding hydrogens is 206 g/mol. The fourth-order valence-electron chi connectivity index (χ4n) is 0.734. The predicted molar refractivity (Wildman–Crippen MR) is 50.8 cm³/mol. The van der Waals surface area contributed by atoms with E-state index < -0.39 is 0 Å². The highest BCUT2D eigenvalue weighted by Crippen LogP contribution is 2.15. The molecule has 0 saturated carbocycles. The molecule has 6 nitrogen and oxygen atoms in total. The van der Waals surface area contributed by atoms with Gasteiger partial charge in [-0.2, -0.15) is 0 Å². The van der Waals surface area contributed by atoms with Crippen molar-refractivity contribution in [3.05, 3.63) is 5.89 Å². The molecule has 1 aromatic heterocycles. The lowest BCUT2D eigenvalue weighted by molar-refractivity contribution is 0.103. The van der Waals surface area contributed by atoms with Crippen LogP contribution < -0.4 is 5.73 Å². The van der Waals surface area contributed by atoms with Crippen LogP contribution >= 0.6 is 11.8 Å². The summed E-state index contributed by atoms with van der Waals surface area (Å²) in [5, 5.41) is 16.4. The molecule has 1 heterocycles. The summed E-state index contributed by atoms with van der Waals surface area (Å²) in [5.74, 6) is 1.15. The second-order valence-corrected chi connectivity index (χ2v) is 3.40. The molecular formula is C7H13N3O3S. The predicted octanol–water partition coefficient (Wildman–Crippen LogP) is -0.371. The van der Waals surface area contributed by atoms with E-state index in [0.29, 0.717) is 30.1 Å². The Bertz CT molecular complexity index is 256. The van der Waals surface area contributed by atoms with Crippen molar-refractivity contribution in [2.24, 2.45) is 5.73 Å². The molecule has 0 amide bonds. The van der Waals surface area contributed by atoms with Crippen LogP contribution in [-0.2, 0) is 11.3 Å². The molecule has 0 aliphatic rings. The maximum atomic E-state index is 8.43. The van der Waals surface area contributed by atoms with E-state index >= 15 is 0 Å². The number of ether oxygens (including phenoxy) is 1. The molecule has 3 N–H and O–H groups in total. The third-order valence-electron chi connectivity index (χ3n) is 1.31. The van der Waals surface area contributed by atoms with Crippen LogP contribution in [0, 0.1) is 0 Å². The molecule has 1 rings (SSSR count). The Kier molecular flexibility index (Phi) is 5.53. The zero-order valence-electron chi connectivity index (χ0n) is 7.68. The molecule has 0 radical (unpaired) electrons. The van der Waals surface area contributed by atoms with Gasteiger partial charge in [0.15, 0.2) is 0 Å². The van der Waals surface area contributed by atoms with E-state index in [1.165, 1.54) is 11.8 Å². The summed E-state index contributed by atoms with van der Waals surface area (Å²) in [6.07, 6.45) is 0. The summed E-state index contributed by atoms with van der Waals surface area (Å²) in [5.41, 5.74) is 5.30. The lowest BCUT2D eigenvalue weighted by Gasteiger charge is -1.98. The van der Waals surface area contributed by atoms with Gasteiger partial charge in [-0.3, -0.25) is 0 Å². The van der Waals surface area contributed by atoms with Crippen LogP contribution in [0.2, 0.25) is 0 Å². The normalized spacial score (nSPS) is 10.7. The van der Waals surface area contributed by atoms with Crippen molar-refractivity contribution in [2.45, 2.75) is 11.8 Å². The van der Waals surface area contributed by atoms with E-state index in [-0.39, 0.29) is 13.2 Å². The van der Waals surface area contributed by atoms with E-state index in [9.17, 15) is 0 Å². The smallest absolute Gasteiger partial charge is 0.276 e. The zero-order valence-corrected chi connectivity index (χ0v) is 8.50. The number of nitrogens with two attached hydrogens (primary N) is 1. The third-order valence-corrected chi connectivity index (χ3v) is 2.09. The number of aliphatic hydroxyl groups is 1. The quantitative estimate of drug-likeness (QED) is 0.477. The van der Waals surface area contributed by atoms with Gasteiger partial charge in [-0.15, -0.1) is 10.2 Å². The Labute approximate surface area is 85.8 Å². The fraction of sp³-hybridized carbons (Fsp3) is 0.714. The average molecular weight is 219 g/mol. The van der Waals surface area contributed by atoms with Crippen molar-refractivity contribution in [2.75, 3.05) is 25.6 Å². The molecule has 0 spiro atoms. The molecule has 0 saturated heterocycles. The van der Waals surface area contributed by atoms with Crippen LogP contribution in [0.3, 0.4) is 0 Å². The van der Waals surface area contributed by atoms with E-state index in [0.717, 1.165) is 0 Å². The molecule has 0 fully saturated rings. The number of aliphatic hydroxyl groups excluding tert-OH is 1. The van der Waals surface area contributed by atoms with E-state index in [1.807, 2.05) is 0 Å². The van der Waals surface area contributed by atoms with E-state index in [1.54, 1.807) is 0 Å². The van der Waals surface area contributed by atoms with Crippen molar-refractivity contribution in [1.82, 2.24) is 10.2 Å². The first-order valence-corrected chi connectivity index (χ1v) is 5.19. The molecule has 14 heavy (non-hydrogen) atoms. The Balaban J connectivity index is 2.12. The minimum absolute atomic E-state index is 0.0442. The summed E-state index contributed by atoms with van der Waals surface area (Å²) in [6, 6.07) is 0. The topological polar surface area (TPSA) is 94.4 Å². The van der Waals surface area contributed by atoms with Gasteiger partial charge >= 0.3 is 0 Å². The summed E-state index contributed by atoms with van der Waals surface area (Å²) >= 11 is 1.40. The third kappa shape index (κ3) is 4.05. The van der Waals surface area contributed by atoms with E-state index in [2.05, 4.69) is 10.2 Å². The van der Waals surface area contributed by atoms with Crippen LogP contribution in [0.5, 0.6) is 0 Å². The highest BCUT2D eigenvalue weighted by Gasteiger charge is 2.03. The first-order valence-electron chi connectivity index (χ1n) is 4.20. The average Bonchev–Trinajstić information content (AvgIpc) is 2.65. The molecule has 0 aliphatic carbocycles. The van der Waals surface area contributed by atoms with Crippen molar-refractivity contribution >= 4 is 11.8 Å². The fourth-order valence-corrected chi connectivity index (χ4v) is 1.36. The second-order valence-electron chi connectivity index (χ2n) is 2.35. The monoisotopic (exact) mass is 219 g/mol. The zero-order chi connectivity index (χ0) is 10.2. The summed E-state index contributed by atoms with van der Waals surface area (Å²) in [4.78, 5) is 0. The van der Waals surface area contributed by atoms with Crippen molar-refractivity contribution in [3.63, 3.8) is 0 Å². The lowest BCUT2D eigenvalue weighted by Crippen LogP contribution is -2.02. The highest BCUT2D eigenvalue weighted by atomic mass is 32.2. The Hall–Kier alpha value is -0.630. The van der Waals surface area contributed by atoms with Crippen molar-refractivity contribution < 1.29 is 14.3 Å². The molecule has 0 aromatic carbocycles. The Morgan fingerprint density at radius 2 is 2.29 bits per heavy atom. The van der Waals surface area contributed by atoms with Crippen molar-refractivity contribution in [1.29, 1.82) is 0 Å². The molecule has 1 aromatic rings. The summed E-state index contributed by atoms with van der Waals surface area (Å²) in [7, 11) is 0. The number of hydrogen-bond acceptors (Lipinski definition) is 7. The molecule has 80 valence electrons. The van der Waals surface area contributed by atoms with Crippen molar-refractivity contribution in [3.8, 4) is 0 Å². The van der Waals surface area contributed by atoms with Gasteiger partial charge in [0.25, 0.3) is 5.22 Å². The van der Waals surface area contributed by atoms with Crippen LogP contribution in [0.1, 0.15) is 5.89 Å². The highest BCUT2D eigenvalue weighted by molar-refractivity contribution is 7.99. The first kappa shape index (κ1) is 11.4. The second kappa shape index (κ2) is 6.77. The number of hydrogen-bond donors (Lipinski definition) is 2. The molecule has 0 atom stereocenters. The van der Waals surface area contributed by atoms with Crippen LogP contribution in [0.15, 0.2) is 9.64 Å². The molecule has 0 aliphatic heterocycles. The summed E-state index contributed by atoms with van der Waals surface area (Å²) < 4.78 is 10.2. The first-order chi connectivity index (χ1) is 6.86. The van der Waals surface area contributed by atoms with Gasteiger partial charge in [0.2, 0.25) is 5.89 Å². The maximum absolute atomic E-state index is 8.43. The standard InChI is InChI=1S/C7H13N3O3S/c8-5-6-9-10-7(13-6)14-4-3-12-2-1-11/h11H,1-5,8H2. The SMILES string of the molecule is NCc1nnc(SCCOCCO)o1. The number of nitrogens with zero attached hydrogens (tertiary/aromatic N) is 2. The largest absolute Gasteiger partial charge is 0.415 e. The minimum Gasteiger partial charge on any atom is -0.415 e. The number of thioether (sulfide) groups is 1. The molecule has 7 heteroatoms. The van der Waals surface area contributed by atoms with Gasteiger partial charge in [-0.05, 0) is 0 Å². The van der Waals surface area contributed by atoms with Gasteiger partial charge < -0.3 is 20.0 Å². The van der Waals surface area contributed by atoms with Gasteiger partial charge in [-0.25, -0.2) is 0 Å². The van der Waals surface area contributed by atoms with Crippen LogP contribution in [0.25, 0.3) is 0 Å². The maximum Gasteiger partial charge on any atom is 0.276 e.